The van der Waals surface area contributed by atoms with E-state index in [-0.39, 0.29) is 11.7 Å². The molecule has 0 fully saturated rings. The summed E-state index contributed by atoms with van der Waals surface area (Å²) >= 11 is 0. The fourth-order valence-corrected chi connectivity index (χ4v) is 1.87. The Bertz CT molecular complexity index is 510. The van der Waals surface area contributed by atoms with Gasteiger partial charge in [-0.05, 0) is 31.4 Å². The highest BCUT2D eigenvalue weighted by Crippen LogP contribution is 2.07. The largest absolute Gasteiger partial charge is 0.467 e. The number of furan rings is 1. The van der Waals surface area contributed by atoms with E-state index < -0.39 is 29.9 Å². The van der Waals surface area contributed by atoms with E-state index in [1.807, 2.05) is 13.8 Å². The molecule has 0 aromatic carbocycles. The molecule has 0 saturated heterocycles. The quantitative estimate of drug-likeness (QED) is 0.735. The van der Waals surface area contributed by atoms with Crippen LogP contribution in [0.2, 0.25) is 0 Å². The van der Waals surface area contributed by atoms with Gasteiger partial charge in [0.25, 0.3) is 5.91 Å². The first-order chi connectivity index (χ1) is 10.3. The number of esters is 1. The minimum atomic E-state index is -0.808. The number of hydrogen-bond acceptors (Lipinski definition) is 5. The monoisotopic (exact) mass is 310 g/mol. The maximum absolute atomic E-state index is 12.1. The van der Waals surface area contributed by atoms with E-state index in [9.17, 15) is 14.4 Å². The van der Waals surface area contributed by atoms with Crippen molar-refractivity contribution in [2.24, 2.45) is 5.92 Å². The van der Waals surface area contributed by atoms with Crippen LogP contribution in [0, 0.1) is 5.92 Å². The van der Waals surface area contributed by atoms with Gasteiger partial charge in [0, 0.05) is 0 Å². The van der Waals surface area contributed by atoms with E-state index in [0.29, 0.717) is 6.42 Å². The van der Waals surface area contributed by atoms with Gasteiger partial charge in [0.2, 0.25) is 5.91 Å². The van der Waals surface area contributed by atoms with Crippen LogP contribution in [-0.4, -0.2) is 37.0 Å². The average Bonchev–Trinajstić information content (AvgIpc) is 2.99. The highest BCUT2D eigenvalue weighted by Gasteiger charge is 2.26. The Balaban J connectivity index is 2.60. The van der Waals surface area contributed by atoms with Gasteiger partial charge in [-0.15, -0.1) is 0 Å². The third kappa shape index (κ3) is 5.23. The van der Waals surface area contributed by atoms with E-state index in [1.54, 1.807) is 6.07 Å². The van der Waals surface area contributed by atoms with Crippen molar-refractivity contribution in [2.45, 2.75) is 39.3 Å². The molecule has 22 heavy (non-hydrogen) atoms. The fraction of sp³-hybridized carbons (Fsp3) is 0.533. The molecule has 0 unspecified atom stereocenters. The Morgan fingerprint density at radius 2 is 1.91 bits per heavy atom. The van der Waals surface area contributed by atoms with E-state index in [1.165, 1.54) is 26.4 Å². The van der Waals surface area contributed by atoms with Gasteiger partial charge in [-0.2, -0.15) is 0 Å². The van der Waals surface area contributed by atoms with Crippen LogP contribution in [0.5, 0.6) is 0 Å². The van der Waals surface area contributed by atoms with Gasteiger partial charge in [-0.1, -0.05) is 13.8 Å². The molecule has 1 aromatic heterocycles. The highest BCUT2D eigenvalue weighted by molar-refractivity contribution is 5.96. The first-order valence-corrected chi connectivity index (χ1v) is 7.07. The average molecular weight is 310 g/mol. The Morgan fingerprint density at radius 1 is 1.23 bits per heavy atom. The van der Waals surface area contributed by atoms with Crippen LogP contribution in [0.1, 0.15) is 37.7 Å². The number of carbonyl (C=O) groups excluding carboxylic acids is 3. The summed E-state index contributed by atoms with van der Waals surface area (Å²) in [6.07, 6.45) is 1.83. The lowest BCUT2D eigenvalue weighted by molar-refractivity contribution is -0.145. The van der Waals surface area contributed by atoms with E-state index in [0.717, 1.165) is 0 Å². The maximum Gasteiger partial charge on any atom is 0.328 e. The van der Waals surface area contributed by atoms with Crippen LogP contribution in [0.15, 0.2) is 22.8 Å². The Labute approximate surface area is 129 Å². The molecule has 7 nitrogen and oxygen atoms in total. The molecule has 0 aliphatic carbocycles. The number of ether oxygens (including phenoxy) is 1. The summed E-state index contributed by atoms with van der Waals surface area (Å²) < 4.78 is 9.63. The van der Waals surface area contributed by atoms with E-state index in [4.69, 9.17) is 4.42 Å². The van der Waals surface area contributed by atoms with Gasteiger partial charge >= 0.3 is 5.97 Å². The van der Waals surface area contributed by atoms with Gasteiger partial charge in [0.15, 0.2) is 5.76 Å². The predicted molar refractivity (Wildman–Crippen MR) is 79.0 cm³/mol. The second-order valence-corrected chi connectivity index (χ2v) is 5.39. The SMILES string of the molecule is COC(=O)[C@@H](CC(C)C)NC(=O)[C@@H](C)NC(=O)c1ccco1. The summed E-state index contributed by atoms with van der Waals surface area (Å²) in [5.74, 6) is -1.14. The third-order valence-corrected chi connectivity index (χ3v) is 3.00. The molecule has 2 amide bonds. The smallest absolute Gasteiger partial charge is 0.328 e. The molecule has 1 heterocycles. The molecule has 122 valence electrons. The lowest BCUT2D eigenvalue weighted by atomic mass is 10.0. The highest BCUT2D eigenvalue weighted by atomic mass is 16.5. The second-order valence-electron chi connectivity index (χ2n) is 5.39. The molecule has 0 saturated carbocycles. The van der Waals surface area contributed by atoms with Crippen molar-refractivity contribution in [3.63, 3.8) is 0 Å². The molecule has 0 aliphatic heterocycles. The molecule has 1 aromatic rings. The standard InChI is InChI=1S/C15H22N2O5/c1-9(2)8-11(15(20)21-4)17-13(18)10(3)16-14(19)12-6-5-7-22-12/h5-7,9-11H,8H2,1-4H3,(H,16,19)(H,17,18)/t10-,11-/m1/s1. The van der Waals surface area contributed by atoms with Crippen LogP contribution >= 0.6 is 0 Å². The van der Waals surface area contributed by atoms with Crippen molar-refractivity contribution in [2.75, 3.05) is 7.11 Å². The van der Waals surface area contributed by atoms with Crippen molar-refractivity contribution in [3.8, 4) is 0 Å². The van der Waals surface area contributed by atoms with Crippen LogP contribution in [-0.2, 0) is 14.3 Å². The van der Waals surface area contributed by atoms with Gasteiger partial charge in [-0.3, -0.25) is 9.59 Å². The topological polar surface area (TPSA) is 97.6 Å². The van der Waals surface area contributed by atoms with Crippen LogP contribution in [0.3, 0.4) is 0 Å². The molecule has 2 N–H and O–H groups in total. The molecule has 2 atom stereocenters. The summed E-state index contributed by atoms with van der Waals surface area (Å²) in [6.45, 7) is 5.40. The molecule has 0 bridgehead atoms. The van der Waals surface area contributed by atoms with Crippen LogP contribution < -0.4 is 10.6 Å². The Hall–Kier alpha value is -2.31. The van der Waals surface area contributed by atoms with Gasteiger partial charge in [-0.25, -0.2) is 4.79 Å². The first-order valence-electron chi connectivity index (χ1n) is 7.07. The Morgan fingerprint density at radius 3 is 2.41 bits per heavy atom. The fourth-order valence-electron chi connectivity index (χ4n) is 1.87. The first kappa shape index (κ1) is 17.7. The van der Waals surface area contributed by atoms with Gasteiger partial charge in [0.1, 0.15) is 12.1 Å². The van der Waals surface area contributed by atoms with Gasteiger partial charge < -0.3 is 19.8 Å². The third-order valence-electron chi connectivity index (χ3n) is 3.00. The van der Waals surface area contributed by atoms with Gasteiger partial charge in [0.05, 0.1) is 13.4 Å². The minimum Gasteiger partial charge on any atom is -0.467 e. The lowest BCUT2D eigenvalue weighted by Crippen LogP contribution is -2.50. The molecular weight excluding hydrogens is 288 g/mol. The number of hydrogen-bond donors (Lipinski definition) is 2. The number of amides is 2. The number of rotatable bonds is 7. The molecular formula is C15H22N2O5. The van der Waals surface area contributed by atoms with Crippen molar-refractivity contribution in [3.05, 3.63) is 24.2 Å². The second kappa shape index (κ2) is 8.21. The van der Waals surface area contributed by atoms with Crippen molar-refractivity contribution in [1.29, 1.82) is 0 Å². The molecule has 1 rings (SSSR count). The van der Waals surface area contributed by atoms with Crippen LogP contribution in [0.25, 0.3) is 0 Å². The van der Waals surface area contributed by atoms with Crippen molar-refractivity contribution < 1.29 is 23.5 Å². The molecule has 0 spiro atoms. The summed E-state index contributed by atoms with van der Waals surface area (Å²) in [6, 6.07) is 1.53. The number of methoxy groups -OCH3 is 1. The predicted octanol–water partition coefficient (Wildman–Crippen LogP) is 1.10. The zero-order valence-electron chi connectivity index (χ0n) is 13.2. The Kier molecular flexibility index (Phi) is 6.62. The van der Waals surface area contributed by atoms with E-state index in [2.05, 4.69) is 15.4 Å². The molecule has 7 heteroatoms. The van der Waals surface area contributed by atoms with E-state index >= 15 is 0 Å². The maximum atomic E-state index is 12.1. The van der Waals surface area contributed by atoms with Crippen molar-refractivity contribution in [1.82, 2.24) is 10.6 Å². The number of carbonyl (C=O) groups is 3. The summed E-state index contributed by atoms with van der Waals surface area (Å²) in [5, 5.41) is 5.09. The molecule has 0 radical (unpaired) electrons. The zero-order valence-corrected chi connectivity index (χ0v) is 13.2. The van der Waals surface area contributed by atoms with Crippen LogP contribution in [0.4, 0.5) is 0 Å². The molecule has 0 aliphatic rings. The van der Waals surface area contributed by atoms with Crippen molar-refractivity contribution >= 4 is 17.8 Å². The normalized spacial score (nSPS) is 13.3. The summed E-state index contributed by atoms with van der Waals surface area (Å²) in [4.78, 5) is 35.6. The minimum absolute atomic E-state index is 0.117. The number of nitrogens with one attached hydrogen (secondary N) is 2. The summed E-state index contributed by atoms with van der Waals surface area (Å²) in [5.41, 5.74) is 0. The zero-order chi connectivity index (χ0) is 16.7. The lowest BCUT2D eigenvalue weighted by Gasteiger charge is -2.21. The summed E-state index contributed by atoms with van der Waals surface area (Å²) in [7, 11) is 1.27.